The summed E-state index contributed by atoms with van der Waals surface area (Å²) < 4.78 is 0. The van der Waals surface area contributed by atoms with Crippen molar-refractivity contribution >= 4 is 5.97 Å². The molecule has 0 bridgehead atoms. The Hall–Kier alpha value is -0.610. The van der Waals surface area contributed by atoms with Crippen LogP contribution in [0.25, 0.3) is 0 Å². The SMILES string of the molecule is CN1CCCC1CNCCCCCC(=O)O. The van der Waals surface area contributed by atoms with Crippen LogP contribution in [0.1, 0.15) is 38.5 Å². The fourth-order valence-electron chi connectivity index (χ4n) is 2.21. The molecule has 4 nitrogen and oxygen atoms in total. The maximum atomic E-state index is 10.3. The van der Waals surface area contributed by atoms with Crippen molar-refractivity contribution in [3.8, 4) is 0 Å². The number of unbranched alkanes of at least 4 members (excludes halogenated alkanes) is 2. The lowest BCUT2D eigenvalue weighted by Crippen LogP contribution is -2.35. The molecule has 94 valence electrons. The summed E-state index contributed by atoms with van der Waals surface area (Å²) in [6.45, 7) is 3.32. The quantitative estimate of drug-likeness (QED) is 0.615. The molecular weight excluding hydrogens is 204 g/mol. The van der Waals surface area contributed by atoms with Crippen LogP contribution in [0.15, 0.2) is 0 Å². The lowest BCUT2D eigenvalue weighted by molar-refractivity contribution is -0.137. The van der Waals surface area contributed by atoms with E-state index < -0.39 is 5.97 Å². The van der Waals surface area contributed by atoms with Crippen molar-refractivity contribution in [2.45, 2.75) is 44.6 Å². The van der Waals surface area contributed by atoms with E-state index in [2.05, 4.69) is 17.3 Å². The van der Waals surface area contributed by atoms with E-state index in [0.717, 1.165) is 32.4 Å². The van der Waals surface area contributed by atoms with Gasteiger partial charge in [0.15, 0.2) is 0 Å². The molecule has 1 aliphatic rings. The first-order valence-electron chi connectivity index (χ1n) is 6.33. The third-order valence-corrected chi connectivity index (χ3v) is 3.30. The minimum absolute atomic E-state index is 0.311. The standard InChI is InChI=1S/C12H24N2O2/c1-14-9-5-6-11(14)10-13-8-4-2-3-7-12(15)16/h11,13H,2-10H2,1H3,(H,15,16). The van der Waals surface area contributed by atoms with Crippen LogP contribution in [0.3, 0.4) is 0 Å². The summed E-state index contributed by atoms with van der Waals surface area (Å²) in [5, 5.41) is 11.9. The molecule has 1 fully saturated rings. The molecule has 1 heterocycles. The molecule has 1 saturated heterocycles. The highest BCUT2D eigenvalue weighted by Gasteiger charge is 2.19. The number of hydrogen-bond acceptors (Lipinski definition) is 3. The van der Waals surface area contributed by atoms with Crippen LogP contribution < -0.4 is 5.32 Å². The van der Waals surface area contributed by atoms with Gasteiger partial charge in [0.1, 0.15) is 0 Å². The van der Waals surface area contributed by atoms with Crippen molar-refractivity contribution in [3.63, 3.8) is 0 Å². The molecule has 0 aromatic carbocycles. The van der Waals surface area contributed by atoms with Gasteiger partial charge in [0.25, 0.3) is 0 Å². The highest BCUT2D eigenvalue weighted by molar-refractivity contribution is 5.66. The average Bonchev–Trinajstić information content (AvgIpc) is 2.62. The maximum absolute atomic E-state index is 10.3. The number of aliphatic carboxylic acids is 1. The Morgan fingerprint density at radius 3 is 2.88 bits per heavy atom. The number of nitrogens with zero attached hydrogens (tertiary/aromatic N) is 1. The first kappa shape index (κ1) is 13.5. The van der Waals surface area contributed by atoms with E-state index in [4.69, 9.17) is 5.11 Å². The van der Waals surface area contributed by atoms with Gasteiger partial charge in [0.05, 0.1) is 0 Å². The third kappa shape index (κ3) is 5.47. The third-order valence-electron chi connectivity index (χ3n) is 3.30. The monoisotopic (exact) mass is 228 g/mol. The number of carbonyl (C=O) groups is 1. The van der Waals surface area contributed by atoms with E-state index in [9.17, 15) is 4.79 Å². The van der Waals surface area contributed by atoms with Crippen LogP contribution in [0, 0.1) is 0 Å². The molecule has 1 aliphatic heterocycles. The minimum atomic E-state index is -0.680. The topological polar surface area (TPSA) is 52.6 Å². The summed E-state index contributed by atoms with van der Waals surface area (Å²) in [7, 11) is 2.19. The van der Waals surface area contributed by atoms with Crippen molar-refractivity contribution < 1.29 is 9.90 Å². The Morgan fingerprint density at radius 2 is 2.25 bits per heavy atom. The van der Waals surface area contributed by atoms with Gasteiger partial charge < -0.3 is 15.3 Å². The van der Waals surface area contributed by atoms with E-state index in [-0.39, 0.29) is 0 Å². The summed E-state index contributed by atoms with van der Waals surface area (Å²) in [4.78, 5) is 12.7. The highest BCUT2D eigenvalue weighted by Crippen LogP contribution is 2.13. The molecule has 0 amide bonds. The number of nitrogens with one attached hydrogen (secondary N) is 1. The second-order valence-corrected chi connectivity index (χ2v) is 4.69. The zero-order valence-electron chi connectivity index (χ0n) is 10.2. The first-order valence-corrected chi connectivity index (χ1v) is 6.33. The molecule has 0 aliphatic carbocycles. The molecule has 0 saturated carbocycles. The van der Waals surface area contributed by atoms with Gasteiger partial charge in [-0.05, 0) is 45.8 Å². The molecule has 1 unspecified atom stereocenters. The van der Waals surface area contributed by atoms with Crippen molar-refractivity contribution in [2.75, 3.05) is 26.7 Å². The van der Waals surface area contributed by atoms with Gasteiger partial charge in [-0.3, -0.25) is 4.79 Å². The average molecular weight is 228 g/mol. The Bertz CT molecular complexity index is 209. The molecule has 1 rings (SSSR count). The Morgan fingerprint density at radius 1 is 1.44 bits per heavy atom. The zero-order chi connectivity index (χ0) is 11.8. The predicted octanol–water partition coefficient (Wildman–Crippen LogP) is 1.32. The van der Waals surface area contributed by atoms with Gasteiger partial charge in [-0.15, -0.1) is 0 Å². The van der Waals surface area contributed by atoms with Crippen LogP contribution in [0.5, 0.6) is 0 Å². The van der Waals surface area contributed by atoms with Gasteiger partial charge >= 0.3 is 5.97 Å². The summed E-state index contributed by atoms with van der Waals surface area (Å²) >= 11 is 0. The van der Waals surface area contributed by atoms with Gasteiger partial charge in [0, 0.05) is 19.0 Å². The smallest absolute Gasteiger partial charge is 0.303 e. The van der Waals surface area contributed by atoms with Crippen LogP contribution in [-0.2, 0) is 4.79 Å². The Labute approximate surface area is 98.0 Å². The fraction of sp³-hybridized carbons (Fsp3) is 0.917. The molecular formula is C12H24N2O2. The second kappa shape index (κ2) is 7.63. The number of carboxylic acid groups (broad SMARTS) is 1. The van der Waals surface area contributed by atoms with Gasteiger partial charge in [-0.2, -0.15) is 0 Å². The fourth-order valence-corrected chi connectivity index (χ4v) is 2.21. The van der Waals surface area contributed by atoms with E-state index in [1.54, 1.807) is 0 Å². The Balaban J connectivity index is 1.86. The second-order valence-electron chi connectivity index (χ2n) is 4.69. The van der Waals surface area contributed by atoms with Crippen LogP contribution in [-0.4, -0.2) is 48.7 Å². The number of hydrogen-bond donors (Lipinski definition) is 2. The number of likely N-dealkylation sites (N-methyl/N-ethyl adjacent to an activating group) is 1. The molecule has 0 aromatic rings. The number of likely N-dealkylation sites (tertiary alicyclic amines) is 1. The summed E-state index contributed by atoms with van der Waals surface area (Å²) in [5.41, 5.74) is 0. The lowest BCUT2D eigenvalue weighted by Gasteiger charge is -2.19. The van der Waals surface area contributed by atoms with Gasteiger partial charge in [0.2, 0.25) is 0 Å². The molecule has 0 radical (unpaired) electrons. The summed E-state index contributed by atoms with van der Waals surface area (Å²) in [6.07, 6.45) is 5.85. The number of rotatable bonds is 8. The summed E-state index contributed by atoms with van der Waals surface area (Å²) in [6, 6.07) is 0.707. The first-order chi connectivity index (χ1) is 7.70. The molecule has 2 N–H and O–H groups in total. The molecule has 4 heteroatoms. The van der Waals surface area contributed by atoms with Crippen molar-refractivity contribution in [2.24, 2.45) is 0 Å². The van der Waals surface area contributed by atoms with Gasteiger partial charge in [-0.25, -0.2) is 0 Å². The molecule has 0 aromatic heterocycles. The zero-order valence-corrected chi connectivity index (χ0v) is 10.2. The normalized spacial score (nSPS) is 21.4. The van der Waals surface area contributed by atoms with Crippen LogP contribution in [0.2, 0.25) is 0 Å². The van der Waals surface area contributed by atoms with Gasteiger partial charge in [-0.1, -0.05) is 6.42 Å². The van der Waals surface area contributed by atoms with Crippen LogP contribution >= 0.6 is 0 Å². The number of carboxylic acids is 1. The summed E-state index contributed by atoms with van der Waals surface area (Å²) in [5.74, 6) is -0.680. The van der Waals surface area contributed by atoms with E-state index >= 15 is 0 Å². The minimum Gasteiger partial charge on any atom is -0.481 e. The Kier molecular flexibility index (Phi) is 6.42. The van der Waals surface area contributed by atoms with Crippen molar-refractivity contribution in [3.05, 3.63) is 0 Å². The molecule has 16 heavy (non-hydrogen) atoms. The lowest BCUT2D eigenvalue weighted by atomic mass is 10.2. The van der Waals surface area contributed by atoms with E-state index in [1.807, 2.05) is 0 Å². The van der Waals surface area contributed by atoms with Crippen LogP contribution in [0.4, 0.5) is 0 Å². The van der Waals surface area contributed by atoms with Crippen molar-refractivity contribution in [1.29, 1.82) is 0 Å². The molecule has 1 atom stereocenters. The van der Waals surface area contributed by atoms with Crippen molar-refractivity contribution in [1.82, 2.24) is 10.2 Å². The molecule has 0 spiro atoms. The largest absolute Gasteiger partial charge is 0.481 e. The highest BCUT2D eigenvalue weighted by atomic mass is 16.4. The predicted molar refractivity (Wildman–Crippen MR) is 64.6 cm³/mol. The van der Waals surface area contributed by atoms with E-state index in [1.165, 1.54) is 19.4 Å². The maximum Gasteiger partial charge on any atom is 0.303 e. The van der Waals surface area contributed by atoms with E-state index in [0.29, 0.717) is 12.5 Å².